The first kappa shape index (κ1) is 30.3. The number of methoxy groups -OCH3 is 2. The molecule has 0 fully saturated rings. The maximum absolute atomic E-state index is 16.0. The highest BCUT2D eigenvalue weighted by Crippen LogP contribution is 2.40. The van der Waals surface area contributed by atoms with E-state index in [1.807, 2.05) is 12.1 Å². The summed E-state index contributed by atoms with van der Waals surface area (Å²) in [5.41, 5.74) is 2.93. The average molecular weight is 584 g/mol. The predicted molar refractivity (Wildman–Crippen MR) is 155 cm³/mol. The number of hydrogen-bond donors (Lipinski definition) is 3. The Hall–Kier alpha value is -3.63. The molecule has 0 aliphatic carbocycles. The fraction of sp³-hybridized carbons (Fsp3) is 0.290. The molecular formula is C31H32ClF2N3O4. The lowest BCUT2D eigenvalue weighted by atomic mass is 9.97. The zero-order valence-electron chi connectivity index (χ0n) is 22.9. The topological polar surface area (TPSA) is 96.7 Å². The molecular weight excluding hydrogens is 552 g/mol. The van der Waals surface area contributed by atoms with Crippen molar-refractivity contribution >= 4 is 11.6 Å². The van der Waals surface area contributed by atoms with Gasteiger partial charge in [0.15, 0.2) is 0 Å². The largest absolute Gasteiger partial charge is 0.481 e. The van der Waals surface area contributed by atoms with Crippen LogP contribution in [0.5, 0.6) is 11.8 Å². The van der Waals surface area contributed by atoms with E-state index < -0.39 is 11.6 Å². The first-order chi connectivity index (χ1) is 19.9. The Morgan fingerprint density at radius 2 is 1.46 bits per heavy atom. The normalized spacial score (nSPS) is 11.1. The number of pyridine rings is 2. The van der Waals surface area contributed by atoms with Gasteiger partial charge >= 0.3 is 0 Å². The number of aliphatic hydroxyl groups excluding tert-OH is 2. The maximum atomic E-state index is 16.0. The van der Waals surface area contributed by atoms with Crippen LogP contribution in [0.1, 0.15) is 24.0 Å². The molecule has 41 heavy (non-hydrogen) atoms. The Balaban J connectivity index is 1.73. The third-order valence-electron chi connectivity index (χ3n) is 6.64. The second-order valence-corrected chi connectivity index (χ2v) is 9.64. The Kier molecular flexibility index (Phi) is 10.6. The number of ether oxygens (including phenoxy) is 2. The van der Waals surface area contributed by atoms with Crippen molar-refractivity contribution in [2.24, 2.45) is 0 Å². The molecule has 0 atom stereocenters. The van der Waals surface area contributed by atoms with Crippen molar-refractivity contribution in [3.63, 3.8) is 0 Å². The third kappa shape index (κ3) is 6.82. The molecule has 2 aromatic heterocycles. The van der Waals surface area contributed by atoms with Crippen LogP contribution in [-0.2, 0) is 13.0 Å². The van der Waals surface area contributed by atoms with E-state index in [2.05, 4.69) is 15.3 Å². The summed E-state index contributed by atoms with van der Waals surface area (Å²) in [5, 5.41) is 21.4. The van der Waals surface area contributed by atoms with Gasteiger partial charge in [0.1, 0.15) is 11.6 Å². The number of aliphatic hydroxyl groups is 2. The summed E-state index contributed by atoms with van der Waals surface area (Å²) >= 11 is 6.83. The SMILES string of the molecule is COc1nc(-c2cccc(-c3ccc(F)c(-c4ccc(CNCCO)c(OC)n4)c3F)c2Cl)ccc1CCCCO. The van der Waals surface area contributed by atoms with Crippen LogP contribution in [0.3, 0.4) is 0 Å². The third-order valence-corrected chi connectivity index (χ3v) is 7.04. The molecule has 0 bridgehead atoms. The molecule has 216 valence electrons. The summed E-state index contributed by atoms with van der Waals surface area (Å²) in [6.45, 7) is 0.844. The number of unbranched alkanes of at least 4 members (excludes halogenated alkanes) is 1. The van der Waals surface area contributed by atoms with Crippen LogP contribution in [0.15, 0.2) is 54.6 Å². The van der Waals surface area contributed by atoms with Gasteiger partial charge < -0.3 is 25.0 Å². The van der Waals surface area contributed by atoms with E-state index in [9.17, 15) is 0 Å². The van der Waals surface area contributed by atoms with Crippen molar-refractivity contribution in [1.29, 1.82) is 0 Å². The Morgan fingerprint density at radius 3 is 2.20 bits per heavy atom. The molecule has 0 radical (unpaired) electrons. The molecule has 4 aromatic rings. The van der Waals surface area contributed by atoms with E-state index in [4.69, 9.17) is 31.3 Å². The zero-order chi connectivity index (χ0) is 29.4. The van der Waals surface area contributed by atoms with Crippen LogP contribution >= 0.6 is 11.6 Å². The minimum Gasteiger partial charge on any atom is -0.481 e. The van der Waals surface area contributed by atoms with Crippen LogP contribution < -0.4 is 14.8 Å². The van der Waals surface area contributed by atoms with Crippen molar-refractivity contribution in [2.45, 2.75) is 25.8 Å². The first-order valence-electron chi connectivity index (χ1n) is 13.2. The number of aromatic nitrogens is 2. The van der Waals surface area contributed by atoms with Crippen molar-refractivity contribution in [2.75, 3.05) is 34.0 Å². The van der Waals surface area contributed by atoms with E-state index in [1.54, 1.807) is 24.3 Å². The highest BCUT2D eigenvalue weighted by atomic mass is 35.5. The smallest absolute Gasteiger partial charge is 0.218 e. The zero-order valence-corrected chi connectivity index (χ0v) is 23.6. The van der Waals surface area contributed by atoms with E-state index in [1.165, 1.54) is 32.4 Å². The van der Waals surface area contributed by atoms with E-state index in [0.717, 1.165) is 12.0 Å². The molecule has 0 aliphatic rings. The summed E-state index contributed by atoms with van der Waals surface area (Å²) in [6, 6.07) is 14.6. The van der Waals surface area contributed by atoms with Gasteiger partial charge in [-0.1, -0.05) is 41.9 Å². The van der Waals surface area contributed by atoms with Gasteiger partial charge in [-0.05, 0) is 43.5 Å². The van der Waals surface area contributed by atoms with Crippen LogP contribution in [0.2, 0.25) is 5.02 Å². The Morgan fingerprint density at radius 1 is 0.780 bits per heavy atom. The van der Waals surface area contributed by atoms with Crippen molar-refractivity contribution in [3.8, 4) is 45.4 Å². The summed E-state index contributed by atoms with van der Waals surface area (Å²) in [5.74, 6) is -0.916. The molecule has 0 amide bonds. The van der Waals surface area contributed by atoms with E-state index in [-0.39, 0.29) is 40.9 Å². The lowest BCUT2D eigenvalue weighted by Crippen LogP contribution is -2.18. The first-order valence-corrected chi connectivity index (χ1v) is 13.6. The number of benzene rings is 2. The lowest BCUT2D eigenvalue weighted by Gasteiger charge is -2.15. The number of hydrogen-bond acceptors (Lipinski definition) is 7. The van der Waals surface area contributed by atoms with E-state index in [0.29, 0.717) is 54.2 Å². The molecule has 0 unspecified atom stereocenters. The number of rotatable bonds is 13. The molecule has 0 spiro atoms. The number of aryl methyl sites for hydroxylation is 1. The molecule has 4 rings (SSSR count). The fourth-order valence-corrected chi connectivity index (χ4v) is 4.89. The molecule has 0 saturated carbocycles. The lowest BCUT2D eigenvalue weighted by molar-refractivity contribution is 0.284. The summed E-state index contributed by atoms with van der Waals surface area (Å²) in [4.78, 5) is 8.99. The molecule has 2 aromatic carbocycles. The molecule has 0 saturated heterocycles. The second-order valence-electron chi connectivity index (χ2n) is 9.26. The van der Waals surface area contributed by atoms with Gasteiger partial charge in [-0.15, -0.1) is 0 Å². The quantitative estimate of drug-likeness (QED) is 0.171. The number of nitrogens with zero attached hydrogens (tertiary/aromatic N) is 2. The monoisotopic (exact) mass is 583 g/mol. The van der Waals surface area contributed by atoms with Gasteiger partial charge in [0.05, 0.1) is 42.8 Å². The van der Waals surface area contributed by atoms with Gasteiger partial charge in [0.25, 0.3) is 0 Å². The summed E-state index contributed by atoms with van der Waals surface area (Å²) < 4.78 is 42.0. The fourth-order valence-electron chi connectivity index (χ4n) is 4.57. The molecule has 10 heteroatoms. The van der Waals surface area contributed by atoms with E-state index >= 15 is 8.78 Å². The molecule has 2 heterocycles. The van der Waals surface area contributed by atoms with Gasteiger partial charge in [-0.3, -0.25) is 0 Å². The van der Waals surface area contributed by atoms with Gasteiger partial charge in [0.2, 0.25) is 11.8 Å². The molecule has 0 aliphatic heterocycles. The van der Waals surface area contributed by atoms with Gasteiger partial charge in [0, 0.05) is 47.5 Å². The van der Waals surface area contributed by atoms with Gasteiger partial charge in [-0.2, -0.15) is 0 Å². The van der Waals surface area contributed by atoms with Crippen molar-refractivity contribution in [1.82, 2.24) is 15.3 Å². The maximum Gasteiger partial charge on any atom is 0.218 e. The minimum atomic E-state index is -0.811. The molecule has 3 N–H and O–H groups in total. The van der Waals surface area contributed by atoms with Crippen molar-refractivity contribution in [3.05, 3.63) is 82.4 Å². The Bertz CT molecular complexity index is 1500. The van der Waals surface area contributed by atoms with Crippen molar-refractivity contribution < 1.29 is 28.5 Å². The minimum absolute atomic E-state index is 0.0266. The molecule has 7 nitrogen and oxygen atoms in total. The Labute approximate surface area is 242 Å². The number of nitrogens with one attached hydrogen (secondary N) is 1. The summed E-state index contributed by atoms with van der Waals surface area (Å²) in [6.07, 6.45) is 2.17. The highest BCUT2D eigenvalue weighted by molar-refractivity contribution is 6.36. The average Bonchev–Trinajstić information content (AvgIpc) is 2.98. The van der Waals surface area contributed by atoms with Crippen LogP contribution in [0.4, 0.5) is 8.78 Å². The second kappa shape index (κ2) is 14.3. The van der Waals surface area contributed by atoms with Crippen LogP contribution in [-0.4, -0.2) is 54.2 Å². The predicted octanol–water partition coefficient (Wildman–Crippen LogP) is 5.82. The number of halogens is 3. The van der Waals surface area contributed by atoms with Crippen LogP contribution in [0, 0.1) is 11.6 Å². The summed E-state index contributed by atoms with van der Waals surface area (Å²) in [7, 11) is 2.97. The standard InChI is InChI=1S/C31H32ClF2N3O4/c1-40-30-19(6-3-4-16-38)9-13-25(36-30)23-8-5-7-21(28(23)32)22-11-12-24(33)27(29(22)34)26-14-10-20(18-35-15-17-39)31(37-26)41-2/h5,7-14,35,38-39H,3-4,6,15-18H2,1-2H3. The van der Waals surface area contributed by atoms with Gasteiger partial charge in [-0.25, -0.2) is 18.7 Å². The van der Waals surface area contributed by atoms with Crippen LogP contribution in [0.25, 0.3) is 33.6 Å². The highest BCUT2D eigenvalue weighted by Gasteiger charge is 2.22.